The topological polar surface area (TPSA) is 158 Å². The fourth-order valence-electron chi connectivity index (χ4n) is 8.91. The molecule has 2 aromatic rings. The first-order chi connectivity index (χ1) is 29.1. The van der Waals surface area contributed by atoms with Gasteiger partial charge in [0.15, 0.2) is 6.10 Å². The highest BCUT2D eigenvalue weighted by molar-refractivity contribution is 6.33. The Balaban J connectivity index is 1.04. The van der Waals surface area contributed by atoms with E-state index < -0.39 is 41.5 Å². The van der Waals surface area contributed by atoms with E-state index in [-0.39, 0.29) is 67.5 Å². The maximum absolute atomic E-state index is 14.2. The number of amides is 5. The number of carbonyl (C=O) groups excluding carboxylic acids is 5. The van der Waals surface area contributed by atoms with E-state index in [0.717, 1.165) is 30.2 Å². The van der Waals surface area contributed by atoms with E-state index in [0.29, 0.717) is 83.2 Å². The Hall–Kier alpha value is -4.77. The number of urea groups is 1. The lowest BCUT2D eigenvalue weighted by Crippen LogP contribution is -2.52. The molecule has 4 aliphatic heterocycles. The summed E-state index contributed by atoms with van der Waals surface area (Å²) in [6.07, 6.45) is -2.62. The number of hydrogen-bond donors (Lipinski definition) is 2. The van der Waals surface area contributed by atoms with Crippen LogP contribution < -0.4 is 11.1 Å². The fraction of sp³-hybridized carbons (Fsp3) is 0.605. The van der Waals surface area contributed by atoms with E-state index in [4.69, 9.17) is 26.8 Å². The third-order valence-electron chi connectivity index (χ3n) is 12.5. The number of nitrogens with two attached hydrogens (primary N) is 1. The van der Waals surface area contributed by atoms with Gasteiger partial charge in [-0.2, -0.15) is 13.2 Å². The van der Waals surface area contributed by atoms with Crippen molar-refractivity contribution in [3.63, 3.8) is 0 Å². The normalized spacial score (nSPS) is 19.0. The summed E-state index contributed by atoms with van der Waals surface area (Å²) >= 11 is 6.15. The average Bonchev–Trinajstić information content (AvgIpc) is 3.41. The molecule has 0 aliphatic carbocycles. The number of ether oxygens (including phenoxy) is 2. The number of benzene rings is 2. The number of fused-ring (bicyclic) bond motifs is 1. The predicted octanol–water partition coefficient (Wildman–Crippen LogP) is 5.91. The molecule has 18 heteroatoms. The minimum atomic E-state index is -4.80. The Morgan fingerprint density at radius 3 is 2.15 bits per heavy atom. The van der Waals surface area contributed by atoms with Gasteiger partial charge in [-0.25, -0.2) is 9.59 Å². The van der Waals surface area contributed by atoms with Crippen LogP contribution >= 0.6 is 11.6 Å². The average molecular weight is 876 g/mol. The second-order valence-corrected chi connectivity index (χ2v) is 17.2. The van der Waals surface area contributed by atoms with Crippen LogP contribution in [0.2, 0.25) is 5.02 Å². The molecule has 2 aromatic carbocycles. The second kappa shape index (κ2) is 20.4. The van der Waals surface area contributed by atoms with Crippen LogP contribution in [-0.2, 0) is 42.9 Å². The first-order valence-electron chi connectivity index (χ1n) is 21.2. The molecule has 0 saturated carbocycles. The van der Waals surface area contributed by atoms with E-state index in [1.165, 1.54) is 11.0 Å². The molecule has 334 valence electrons. The Bertz CT molecular complexity index is 1900. The fourth-order valence-corrected chi connectivity index (χ4v) is 9.15. The number of likely N-dealkylation sites (tertiary alicyclic amines) is 3. The van der Waals surface area contributed by atoms with Gasteiger partial charge in [0.2, 0.25) is 5.91 Å². The lowest BCUT2D eigenvalue weighted by atomic mass is 9.78. The predicted molar refractivity (Wildman–Crippen MR) is 223 cm³/mol. The molecule has 61 heavy (non-hydrogen) atoms. The smallest absolute Gasteiger partial charge is 0.418 e. The lowest BCUT2D eigenvalue weighted by molar-refractivity contribution is -0.146. The molecule has 3 N–H and O–H groups in total. The highest BCUT2D eigenvalue weighted by Crippen LogP contribution is 2.39. The van der Waals surface area contributed by atoms with Crippen LogP contribution in [0.3, 0.4) is 0 Å². The Kier molecular flexibility index (Phi) is 15.3. The van der Waals surface area contributed by atoms with Crippen LogP contribution in [0.1, 0.15) is 68.1 Å². The van der Waals surface area contributed by atoms with Gasteiger partial charge in [-0.3, -0.25) is 14.4 Å². The maximum atomic E-state index is 14.2. The zero-order valence-electron chi connectivity index (χ0n) is 34.9. The van der Waals surface area contributed by atoms with Gasteiger partial charge < -0.3 is 45.0 Å². The Morgan fingerprint density at radius 2 is 1.51 bits per heavy atom. The van der Waals surface area contributed by atoms with Gasteiger partial charge >= 0.3 is 24.3 Å². The summed E-state index contributed by atoms with van der Waals surface area (Å²) in [5.74, 6) is -0.346. The summed E-state index contributed by atoms with van der Waals surface area (Å²) < 4.78 is 52.9. The number of esters is 1. The number of carbonyl (C=O) groups is 5. The third kappa shape index (κ3) is 12.0. The summed E-state index contributed by atoms with van der Waals surface area (Å²) in [5, 5.41) is 2.66. The lowest BCUT2D eigenvalue weighted by Gasteiger charge is -2.41. The summed E-state index contributed by atoms with van der Waals surface area (Å²) in [6, 6.07) is 9.41. The number of hydrogen-bond acceptors (Lipinski definition) is 9. The highest BCUT2D eigenvalue weighted by atomic mass is 35.5. The van der Waals surface area contributed by atoms with Crippen LogP contribution in [0.25, 0.3) is 0 Å². The number of nitrogen functional groups attached to an aromatic ring is 1. The van der Waals surface area contributed by atoms with Gasteiger partial charge in [-0.15, -0.1) is 0 Å². The molecule has 3 fully saturated rings. The summed E-state index contributed by atoms with van der Waals surface area (Å²) in [4.78, 5) is 74.5. The van der Waals surface area contributed by atoms with E-state index in [1.807, 2.05) is 43.3 Å². The molecule has 0 spiro atoms. The van der Waals surface area contributed by atoms with Crippen LogP contribution in [0.5, 0.6) is 0 Å². The zero-order chi connectivity index (χ0) is 43.8. The highest BCUT2D eigenvalue weighted by Gasteiger charge is 2.39. The number of alkyl halides is 3. The molecule has 4 aliphatic rings. The van der Waals surface area contributed by atoms with Gasteiger partial charge in [0.1, 0.15) is 6.61 Å². The number of para-hydroxylation sites is 1. The number of halogens is 4. The molecule has 3 saturated heterocycles. The minimum Gasteiger partial charge on any atom is -0.464 e. The molecular weight excluding hydrogens is 819 g/mol. The van der Waals surface area contributed by atoms with E-state index in [2.05, 4.69) is 5.32 Å². The Morgan fingerprint density at radius 1 is 0.885 bits per heavy atom. The van der Waals surface area contributed by atoms with Crippen LogP contribution in [0, 0.1) is 11.8 Å². The summed E-state index contributed by atoms with van der Waals surface area (Å²) in [6.45, 7) is 3.82. The molecule has 0 aromatic heterocycles. The molecule has 14 nitrogen and oxygen atoms in total. The summed E-state index contributed by atoms with van der Waals surface area (Å²) in [7, 11) is 3.76. The molecule has 5 amide bonds. The van der Waals surface area contributed by atoms with Crippen LogP contribution in [0.4, 0.5) is 34.1 Å². The minimum absolute atomic E-state index is 0.0389. The van der Waals surface area contributed by atoms with Crippen molar-refractivity contribution in [2.45, 2.75) is 82.5 Å². The Labute approximate surface area is 359 Å². The van der Waals surface area contributed by atoms with Crippen molar-refractivity contribution in [3.05, 3.63) is 58.1 Å². The van der Waals surface area contributed by atoms with Crippen molar-refractivity contribution in [1.82, 2.24) is 24.5 Å². The van der Waals surface area contributed by atoms with E-state index in [1.54, 1.807) is 14.7 Å². The van der Waals surface area contributed by atoms with Gasteiger partial charge in [-0.05, 0) is 100 Å². The SMILES string of the molecule is CN(C)CCOC(=O)CCC(=O)N1CCC(C2CCN(C(=O)[C@@H](Cc3cc(Cl)c(N)c(C(F)(F)F)c3)OC(=O)N3CCC(N4CCc5ccccc5NC4=O)CC3)CC2)CC1. The quantitative estimate of drug-likeness (QED) is 0.196. The summed E-state index contributed by atoms with van der Waals surface area (Å²) in [5.41, 5.74) is 5.78. The molecule has 0 unspecified atom stereocenters. The zero-order valence-corrected chi connectivity index (χ0v) is 35.6. The number of nitrogens with one attached hydrogen (secondary N) is 1. The van der Waals surface area contributed by atoms with Crippen molar-refractivity contribution < 1.29 is 46.6 Å². The van der Waals surface area contributed by atoms with Gasteiger partial charge in [0.25, 0.3) is 5.91 Å². The number of anilines is 2. The second-order valence-electron chi connectivity index (χ2n) is 16.8. The first-order valence-corrected chi connectivity index (χ1v) is 21.6. The molecule has 0 bridgehead atoms. The number of nitrogens with zero attached hydrogens (tertiary/aromatic N) is 5. The molecule has 6 rings (SSSR count). The van der Waals surface area contributed by atoms with Crippen molar-refractivity contribution in [1.29, 1.82) is 0 Å². The van der Waals surface area contributed by atoms with Crippen LogP contribution in [-0.4, -0.2) is 140 Å². The first kappa shape index (κ1) is 45.7. The van der Waals surface area contributed by atoms with Crippen LogP contribution in [0.15, 0.2) is 36.4 Å². The number of piperidine rings is 3. The van der Waals surface area contributed by atoms with Crippen molar-refractivity contribution in [2.75, 3.05) is 84.1 Å². The molecule has 1 atom stereocenters. The molecular formula is C43H57ClF3N7O7. The van der Waals surface area contributed by atoms with E-state index >= 15 is 0 Å². The van der Waals surface area contributed by atoms with Crippen molar-refractivity contribution in [3.8, 4) is 0 Å². The monoisotopic (exact) mass is 875 g/mol. The molecule has 0 radical (unpaired) electrons. The third-order valence-corrected chi connectivity index (χ3v) is 12.8. The molecule has 4 heterocycles. The number of rotatable bonds is 12. The van der Waals surface area contributed by atoms with Gasteiger partial charge in [0.05, 0.1) is 22.7 Å². The number of likely N-dealkylation sites (N-methyl/N-ethyl adjacent to an activating group) is 1. The van der Waals surface area contributed by atoms with Crippen molar-refractivity contribution in [2.24, 2.45) is 11.8 Å². The largest absolute Gasteiger partial charge is 0.464 e. The van der Waals surface area contributed by atoms with Gasteiger partial charge in [0, 0.05) is 76.9 Å². The standard InChI is InChI=1S/C43H57ClF3N7O7/c1-50(2)23-24-60-38(56)8-7-37(55)51-16-9-29(10-17-51)30-11-18-52(19-12-30)40(57)36(27-28-25-33(43(45,46)47)39(48)34(44)26-28)61-42(59)53-20-14-32(15-21-53)54-22-13-31-5-3-4-6-35(31)49-41(54)58/h3-6,25-26,29-30,32,36H,7-24,27,48H2,1-2H3,(H,49,58)/t36-/m1/s1. The van der Waals surface area contributed by atoms with Gasteiger partial charge in [-0.1, -0.05) is 29.8 Å². The maximum Gasteiger partial charge on any atom is 0.418 e. The van der Waals surface area contributed by atoms with Crippen molar-refractivity contribution >= 4 is 52.9 Å². The van der Waals surface area contributed by atoms with E-state index in [9.17, 15) is 37.1 Å².